The molecule has 1 saturated carbocycles. The van der Waals surface area contributed by atoms with Gasteiger partial charge in [-0.3, -0.25) is 0 Å². The van der Waals surface area contributed by atoms with Gasteiger partial charge in [-0.05, 0) is 65.8 Å². The first-order valence-corrected chi connectivity index (χ1v) is 6.73. The number of hydrogen-bond acceptors (Lipinski definition) is 2. The zero-order valence-electron chi connectivity index (χ0n) is 11.5. The Morgan fingerprint density at radius 3 is 2.31 bits per heavy atom. The van der Waals surface area contributed by atoms with E-state index in [1.165, 1.54) is 25.7 Å². The van der Waals surface area contributed by atoms with E-state index >= 15 is 0 Å². The Kier molecular flexibility index (Phi) is 3.09. The van der Waals surface area contributed by atoms with Gasteiger partial charge in [0.1, 0.15) is 0 Å². The van der Waals surface area contributed by atoms with Crippen LogP contribution in [0.2, 0.25) is 0 Å². The van der Waals surface area contributed by atoms with E-state index in [1.807, 2.05) is 0 Å². The van der Waals surface area contributed by atoms with Crippen LogP contribution in [0.1, 0.15) is 53.4 Å². The summed E-state index contributed by atoms with van der Waals surface area (Å²) in [7, 11) is 2.11. The third-order valence-corrected chi connectivity index (χ3v) is 4.60. The minimum atomic E-state index is 0.0492. The summed E-state index contributed by atoms with van der Waals surface area (Å²) >= 11 is 0. The van der Waals surface area contributed by atoms with Gasteiger partial charge in [0.15, 0.2) is 0 Å². The molecule has 0 aromatic rings. The van der Waals surface area contributed by atoms with Gasteiger partial charge in [-0.15, -0.1) is 0 Å². The van der Waals surface area contributed by atoms with Gasteiger partial charge in [-0.25, -0.2) is 0 Å². The van der Waals surface area contributed by atoms with Crippen LogP contribution in [0.25, 0.3) is 0 Å². The number of rotatable bonds is 2. The summed E-state index contributed by atoms with van der Waals surface area (Å²) in [6.07, 6.45) is 5.30. The van der Waals surface area contributed by atoms with Crippen molar-refractivity contribution in [3.8, 4) is 0 Å². The molecule has 2 heteroatoms. The highest BCUT2D eigenvalue weighted by molar-refractivity contribution is 5.01. The SMILES string of the molecule is CNC1CCCC1C1CC(C)(C)OC1(C)C. The van der Waals surface area contributed by atoms with Crippen molar-refractivity contribution < 1.29 is 4.74 Å². The van der Waals surface area contributed by atoms with Crippen LogP contribution < -0.4 is 5.32 Å². The molecule has 3 atom stereocenters. The molecule has 94 valence electrons. The molecule has 2 fully saturated rings. The Labute approximate surface area is 100 Å². The van der Waals surface area contributed by atoms with Crippen molar-refractivity contribution >= 4 is 0 Å². The van der Waals surface area contributed by atoms with Gasteiger partial charge in [0.25, 0.3) is 0 Å². The second kappa shape index (κ2) is 3.99. The van der Waals surface area contributed by atoms with Gasteiger partial charge in [0, 0.05) is 6.04 Å². The summed E-state index contributed by atoms with van der Waals surface area (Å²) in [6, 6.07) is 0.710. The van der Waals surface area contributed by atoms with E-state index < -0.39 is 0 Å². The summed E-state index contributed by atoms with van der Waals surface area (Å²) in [5.74, 6) is 1.52. The highest BCUT2D eigenvalue weighted by Crippen LogP contribution is 2.49. The number of nitrogens with one attached hydrogen (secondary N) is 1. The van der Waals surface area contributed by atoms with Crippen LogP contribution in [0.3, 0.4) is 0 Å². The molecule has 2 rings (SSSR count). The van der Waals surface area contributed by atoms with Crippen molar-refractivity contribution in [2.45, 2.75) is 70.6 Å². The fourth-order valence-corrected chi connectivity index (χ4v) is 4.10. The van der Waals surface area contributed by atoms with Crippen LogP contribution in [-0.2, 0) is 4.74 Å². The normalized spacial score (nSPS) is 41.4. The lowest BCUT2D eigenvalue weighted by molar-refractivity contribution is -0.0807. The molecule has 0 aromatic heterocycles. The zero-order chi connectivity index (χ0) is 12.0. The molecule has 2 aliphatic rings. The Morgan fingerprint density at radius 2 is 1.81 bits per heavy atom. The van der Waals surface area contributed by atoms with E-state index in [2.05, 4.69) is 40.1 Å². The predicted octanol–water partition coefficient (Wildman–Crippen LogP) is 2.97. The third kappa shape index (κ3) is 2.14. The first kappa shape index (κ1) is 12.4. The second-order valence-electron chi connectivity index (χ2n) is 6.77. The van der Waals surface area contributed by atoms with Gasteiger partial charge in [-0.1, -0.05) is 6.42 Å². The van der Waals surface area contributed by atoms with Crippen LogP contribution in [-0.4, -0.2) is 24.3 Å². The molecule has 1 N–H and O–H groups in total. The molecule has 0 radical (unpaired) electrons. The highest BCUT2D eigenvalue weighted by Gasteiger charge is 2.51. The van der Waals surface area contributed by atoms with Gasteiger partial charge in [0.2, 0.25) is 0 Å². The highest BCUT2D eigenvalue weighted by atomic mass is 16.5. The molecule has 3 unspecified atom stereocenters. The summed E-state index contributed by atoms with van der Waals surface area (Å²) in [5.41, 5.74) is 0.114. The van der Waals surface area contributed by atoms with Crippen molar-refractivity contribution in [2.24, 2.45) is 11.8 Å². The smallest absolute Gasteiger partial charge is 0.0666 e. The van der Waals surface area contributed by atoms with Crippen LogP contribution in [0.5, 0.6) is 0 Å². The van der Waals surface area contributed by atoms with Gasteiger partial charge < -0.3 is 10.1 Å². The molecule has 1 aliphatic carbocycles. The van der Waals surface area contributed by atoms with E-state index in [4.69, 9.17) is 4.74 Å². The molecule has 0 aromatic carbocycles. The van der Waals surface area contributed by atoms with Gasteiger partial charge in [0.05, 0.1) is 11.2 Å². The molecule has 1 aliphatic heterocycles. The third-order valence-electron chi connectivity index (χ3n) is 4.60. The fourth-order valence-electron chi connectivity index (χ4n) is 4.10. The monoisotopic (exact) mass is 225 g/mol. The maximum absolute atomic E-state index is 6.23. The number of ether oxygens (including phenoxy) is 1. The zero-order valence-corrected chi connectivity index (χ0v) is 11.5. The van der Waals surface area contributed by atoms with Crippen LogP contribution in [0.4, 0.5) is 0 Å². The van der Waals surface area contributed by atoms with Gasteiger partial charge >= 0.3 is 0 Å². The van der Waals surface area contributed by atoms with E-state index in [1.54, 1.807) is 0 Å². The first-order chi connectivity index (χ1) is 7.36. The largest absolute Gasteiger partial charge is 0.369 e. The maximum atomic E-state index is 6.23. The summed E-state index contributed by atoms with van der Waals surface area (Å²) in [5, 5.41) is 3.50. The minimum absolute atomic E-state index is 0.0492. The second-order valence-corrected chi connectivity index (χ2v) is 6.77. The Hall–Kier alpha value is -0.0800. The van der Waals surface area contributed by atoms with Crippen molar-refractivity contribution in [1.29, 1.82) is 0 Å². The average molecular weight is 225 g/mol. The number of hydrogen-bond donors (Lipinski definition) is 1. The summed E-state index contributed by atoms with van der Waals surface area (Å²) in [6.45, 7) is 9.02. The molecule has 1 saturated heterocycles. The lowest BCUT2D eigenvalue weighted by atomic mass is 9.75. The Morgan fingerprint density at radius 1 is 1.12 bits per heavy atom. The standard InChI is InChI=1S/C14H27NO/c1-13(2)9-11(14(3,4)16-13)10-7-6-8-12(10)15-5/h10-12,15H,6-9H2,1-5H3. The molecule has 0 spiro atoms. The lowest BCUT2D eigenvalue weighted by Crippen LogP contribution is -2.40. The molecule has 0 amide bonds. The fraction of sp³-hybridized carbons (Fsp3) is 1.00. The maximum Gasteiger partial charge on any atom is 0.0666 e. The molecule has 0 bridgehead atoms. The van der Waals surface area contributed by atoms with E-state index in [0.717, 1.165) is 5.92 Å². The Bertz CT molecular complexity index is 259. The summed E-state index contributed by atoms with van der Waals surface area (Å²) < 4.78 is 6.23. The molecular weight excluding hydrogens is 198 g/mol. The molecular formula is C14H27NO. The van der Waals surface area contributed by atoms with Crippen LogP contribution in [0, 0.1) is 11.8 Å². The lowest BCUT2D eigenvalue weighted by Gasteiger charge is -2.34. The van der Waals surface area contributed by atoms with Gasteiger partial charge in [-0.2, -0.15) is 0 Å². The molecule has 1 heterocycles. The van der Waals surface area contributed by atoms with E-state index in [0.29, 0.717) is 12.0 Å². The average Bonchev–Trinajstić information content (AvgIpc) is 2.66. The van der Waals surface area contributed by atoms with Crippen molar-refractivity contribution in [3.05, 3.63) is 0 Å². The quantitative estimate of drug-likeness (QED) is 0.780. The van der Waals surface area contributed by atoms with Crippen molar-refractivity contribution in [1.82, 2.24) is 5.32 Å². The molecule has 2 nitrogen and oxygen atoms in total. The summed E-state index contributed by atoms with van der Waals surface area (Å²) in [4.78, 5) is 0. The van der Waals surface area contributed by atoms with Crippen molar-refractivity contribution in [2.75, 3.05) is 7.05 Å². The van der Waals surface area contributed by atoms with Crippen LogP contribution >= 0.6 is 0 Å². The molecule has 16 heavy (non-hydrogen) atoms. The Balaban J connectivity index is 2.14. The van der Waals surface area contributed by atoms with E-state index in [-0.39, 0.29) is 11.2 Å². The topological polar surface area (TPSA) is 21.3 Å². The van der Waals surface area contributed by atoms with Crippen molar-refractivity contribution in [3.63, 3.8) is 0 Å². The van der Waals surface area contributed by atoms with E-state index in [9.17, 15) is 0 Å². The van der Waals surface area contributed by atoms with Crippen LogP contribution in [0.15, 0.2) is 0 Å². The minimum Gasteiger partial charge on any atom is -0.369 e. The first-order valence-electron chi connectivity index (χ1n) is 6.73. The predicted molar refractivity (Wildman–Crippen MR) is 67.5 cm³/mol.